The molecule has 1 aromatic carbocycles. The smallest absolute Gasteiger partial charge is 0.163 e. The van der Waals surface area contributed by atoms with Gasteiger partial charge >= 0.3 is 0 Å². The molecule has 0 saturated heterocycles. The number of nitrogens with zero attached hydrogens (tertiary/aromatic N) is 6. The number of rotatable bonds is 5. The number of hydrogen-bond donors (Lipinski definition) is 1. The van der Waals surface area contributed by atoms with Crippen LogP contribution in [0.4, 0.5) is 5.82 Å². The minimum absolute atomic E-state index is 0.648. The van der Waals surface area contributed by atoms with Crippen LogP contribution in [0.3, 0.4) is 0 Å². The molecule has 126 valence electrons. The molecule has 0 amide bonds. The molecule has 0 radical (unpaired) electrons. The van der Waals surface area contributed by atoms with Crippen LogP contribution in [0.25, 0.3) is 11.0 Å². The molecule has 4 rings (SSSR count). The molecule has 3 aromatic heterocycles. The van der Waals surface area contributed by atoms with Crippen LogP contribution in [0.1, 0.15) is 17.0 Å². The van der Waals surface area contributed by atoms with Crippen LogP contribution >= 0.6 is 0 Å². The Kier molecular flexibility index (Phi) is 3.89. The van der Waals surface area contributed by atoms with Crippen molar-refractivity contribution >= 4 is 16.9 Å². The third kappa shape index (κ3) is 3.21. The van der Waals surface area contributed by atoms with Crippen molar-refractivity contribution in [1.29, 1.82) is 0 Å². The summed E-state index contributed by atoms with van der Waals surface area (Å²) in [5, 5.41) is 13.0. The Morgan fingerprint density at radius 1 is 1.00 bits per heavy atom. The normalized spacial score (nSPS) is 11.1. The largest absolute Gasteiger partial charge is 0.365 e. The van der Waals surface area contributed by atoms with Crippen molar-refractivity contribution in [2.45, 2.75) is 20.0 Å². The zero-order valence-electron chi connectivity index (χ0n) is 14.2. The fraction of sp³-hybridized carbons (Fsp3) is 0.222. The van der Waals surface area contributed by atoms with E-state index >= 15 is 0 Å². The number of aromatic nitrogens is 6. The highest BCUT2D eigenvalue weighted by molar-refractivity contribution is 5.86. The first-order valence-electron chi connectivity index (χ1n) is 8.14. The van der Waals surface area contributed by atoms with Crippen LogP contribution in [0.5, 0.6) is 0 Å². The van der Waals surface area contributed by atoms with E-state index in [0.717, 1.165) is 34.8 Å². The molecule has 0 spiro atoms. The molecule has 0 fully saturated rings. The highest BCUT2D eigenvalue weighted by atomic mass is 15.3. The van der Waals surface area contributed by atoms with Crippen LogP contribution in [-0.2, 0) is 20.1 Å². The van der Waals surface area contributed by atoms with E-state index in [1.54, 1.807) is 10.9 Å². The fourth-order valence-electron chi connectivity index (χ4n) is 2.81. The molecule has 7 nitrogen and oxygen atoms in total. The molecule has 25 heavy (non-hydrogen) atoms. The van der Waals surface area contributed by atoms with Gasteiger partial charge in [0.25, 0.3) is 0 Å². The van der Waals surface area contributed by atoms with Gasteiger partial charge in [-0.3, -0.25) is 9.36 Å². The minimum Gasteiger partial charge on any atom is -0.365 e. The Balaban J connectivity index is 1.49. The van der Waals surface area contributed by atoms with Gasteiger partial charge < -0.3 is 5.32 Å². The van der Waals surface area contributed by atoms with Gasteiger partial charge in [-0.05, 0) is 12.5 Å². The van der Waals surface area contributed by atoms with Crippen molar-refractivity contribution in [3.63, 3.8) is 0 Å². The Labute approximate surface area is 145 Å². The third-order valence-corrected chi connectivity index (χ3v) is 4.04. The number of hydrogen-bond acceptors (Lipinski definition) is 5. The summed E-state index contributed by atoms with van der Waals surface area (Å²) in [7, 11) is 1.88. The van der Waals surface area contributed by atoms with E-state index in [-0.39, 0.29) is 0 Å². The molecule has 0 saturated carbocycles. The van der Waals surface area contributed by atoms with Crippen LogP contribution in [0, 0.1) is 6.92 Å². The molecule has 0 bridgehead atoms. The van der Waals surface area contributed by atoms with Crippen LogP contribution in [-0.4, -0.2) is 29.5 Å². The van der Waals surface area contributed by atoms with Crippen LogP contribution < -0.4 is 5.32 Å². The Bertz CT molecular complexity index is 1000. The molecule has 0 unspecified atom stereocenters. The van der Waals surface area contributed by atoms with E-state index in [2.05, 4.69) is 43.8 Å². The lowest BCUT2D eigenvalue weighted by molar-refractivity contribution is 0.686. The zero-order chi connectivity index (χ0) is 17.2. The zero-order valence-corrected chi connectivity index (χ0v) is 14.2. The summed E-state index contributed by atoms with van der Waals surface area (Å²) in [4.78, 5) is 8.94. The van der Waals surface area contributed by atoms with Gasteiger partial charge in [-0.2, -0.15) is 10.2 Å². The molecule has 4 aromatic rings. The second-order valence-corrected chi connectivity index (χ2v) is 6.01. The summed E-state index contributed by atoms with van der Waals surface area (Å²) in [5.74, 6) is 1.52. The molecule has 0 aliphatic rings. The predicted molar refractivity (Wildman–Crippen MR) is 96.1 cm³/mol. The Hall–Kier alpha value is -3.22. The molecular formula is C18H19N7. The highest BCUT2D eigenvalue weighted by Crippen LogP contribution is 2.20. The van der Waals surface area contributed by atoms with Gasteiger partial charge in [0.05, 0.1) is 24.3 Å². The lowest BCUT2D eigenvalue weighted by Gasteiger charge is -2.06. The van der Waals surface area contributed by atoms with E-state index < -0.39 is 0 Å². The number of anilines is 1. The average Bonchev–Trinajstić information content (AvgIpc) is 3.21. The first kappa shape index (κ1) is 15.3. The number of fused-ring (bicyclic) bond motifs is 1. The first-order valence-corrected chi connectivity index (χ1v) is 8.14. The van der Waals surface area contributed by atoms with Crippen molar-refractivity contribution in [3.05, 3.63) is 65.9 Å². The van der Waals surface area contributed by atoms with Gasteiger partial charge in [0.2, 0.25) is 0 Å². The molecule has 0 aliphatic heterocycles. The summed E-state index contributed by atoms with van der Waals surface area (Å²) < 4.78 is 3.70. The quantitative estimate of drug-likeness (QED) is 0.607. The molecule has 3 heterocycles. The molecule has 1 N–H and O–H groups in total. The topological polar surface area (TPSA) is 73.5 Å². The summed E-state index contributed by atoms with van der Waals surface area (Å²) in [6.45, 7) is 3.30. The summed E-state index contributed by atoms with van der Waals surface area (Å²) >= 11 is 0. The van der Waals surface area contributed by atoms with Gasteiger partial charge in [-0.1, -0.05) is 30.3 Å². The van der Waals surface area contributed by atoms with Crippen LogP contribution in [0.2, 0.25) is 0 Å². The number of benzene rings is 1. The van der Waals surface area contributed by atoms with Crippen molar-refractivity contribution in [1.82, 2.24) is 29.5 Å². The predicted octanol–water partition coefficient (Wildman–Crippen LogP) is 2.53. The molecule has 0 aliphatic carbocycles. The van der Waals surface area contributed by atoms with E-state index in [4.69, 9.17) is 0 Å². The van der Waals surface area contributed by atoms with E-state index in [0.29, 0.717) is 6.54 Å². The first-order chi connectivity index (χ1) is 12.2. The van der Waals surface area contributed by atoms with Gasteiger partial charge in [-0.25, -0.2) is 9.97 Å². The monoisotopic (exact) mass is 333 g/mol. The number of aryl methyl sites for hydroxylation is 2. The second kappa shape index (κ2) is 6.35. The Morgan fingerprint density at radius 2 is 1.84 bits per heavy atom. The SMILES string of the molecule is Cc1nc(NCc2cnn(Cc3ccccc3)c2)c2cnn(C)c2n1. The van der Waals surface area contributed by atoms with Crippen molar-refractivity contribution in [2.24, 2.45) is 7.05 Å². The highest BCUT2D eigenvalue weighted by Gasteiger charge is 2.10. The molecular weight excluding hydrogens is 314 g/mol. The van der Waals surface area contributed by atoms with Gasteiger partial charge in [0.1, 0.15) is 11.6 Å². The number of nitrogens with one attached hydrogen (secondary N) is 1. The van der Waals surface area contributed by atoms with E-state index in [9.17, 15) is 0 Å². The van der Waals surface area contributed by atoms with Crippen LogP contribution in [0.15, 0.2) is 48.9 Å². The fourth-order valence-corrected chi connectivity index (χ4v) is 2.81. The van der Waals surface area contributed by atoms with Crippen molar-refractivity contribution < 1.29 is 0 Å². The average molecular weight is 333 g/mol. The van der Waals surface area contributed by atoms with E-state index in [1.165, 1.54) is 5.56 Å². The lowest BCUT2D eigenvalue weighted by atomic mass is 10.2. The summed E-state index contributed by atoms with van der Waals surface area (Å²) in [5.41, 5.74) is 3.16. The lowest BCUT2D eigenvalue weighted by Crippen LogP contribution is -2.04. The Morgan fingerprint density at radius 3 is 2.68 bits per heavy atom. The minimum atomic E-state index is 0.648. The standard InChI is InChI=1S/C18H19N7/c1-13-22-17(16-10-20-24(2)18(16)23-13)19-8-15-9-21-25(12-15)11-14-6-4-3-5-7-14/h3-7,9-10,12H,8,11H2,1-2H3,(H,19,22,23). The maximum absolute atomic E-state index is 4.50. The van der Waals surface area contributed by atoms with Crippen molar-refractivity contribution in [2.75, 3.05) is 5.32 Å². The van der Waals surface area contributed by atoms with Gasteiger partial charge in [0, 0.05) is 25.4 Å². The van der Waals surface area contributed by atoms with Crippen molar-refractivity contribution in [3.8, 4) is 0 Å². The summed E-state index contributed by atoms with van der Waals surface area (Å²) in [6.07, 6.45) is 5.72. The van der Waals surface area contributed by atoms with E-state index in [1.807, 2.05) is 43.0 Å². The summed E-state index contributed by atoms with van der Waals surface area (Å²) in [6, 6.07) is 10.3. The maximum Gasteiger partial charge on any atom is 0.163 e. The van der Waals surface area contributed by atoms with Gasteiger partial charge in [-0.15, -0.1) is 0 Å². The molecule has 0 atom stereocenters. The van der Waals surface area contributed by atoms with Gasteiger partial charge in [0.15, 0.2) is 5.65 Å². The second-order valence-electron chi connectivity index (χ2n) is 6.01. The third-order valence-electron chi connectivity index (χ3n) is 4.04. The maximum atomic E-state index is 4.50. The molecule has 7 heteroatoms.